The van der Waals surface area contributed by atoms with Crippen LogP contribution >= 0.6 is 0 Å². The monoisotopic (exact) mass is 221 g/mol. The minimum atomic E-state index is -0.312. The van der Waals surface area contributed by atoms with E-state index in [0.717, 1.165) is 0 Å². The molecule has 0 radical (unpaired) electrons. The fraction of sp³-hybridized carbons (Fsp3) is 0.273. The van der Waals surface area contributed by atoms with Crippen LogP contribution in [-0.4, -0.2) is 30.9 Å². The molecule has 0 spiro atoms. The second-order valence-corrected chi connectivity index (χ2v) is 3.38. The summed E-state index contributed by atoms with van der Waals surface area (Å²) in [6.45, 7) is 0. The smallest absolute Gasteiger partial charge is 0.215 e. The van der Waals surface area contributed by atoms with Crippen molar-refractivity contribution in [1.29, 1.82) is 0 Å². The number of ketones is 1. The standard InChI is InChI=1S/C11H11NO4/c1-15-8-3-4-9(16-2)10-6(8)5-7(12-14)11(10)13/h3-4,14H,5H2,1-2H3. The van der Waals surface area contributed by atoms with Crippen LogP contribution in [0.15, 0.2) is 17.3 Å². The molecular weight excluding hydrogens is 210 g/mol. The number of methoxy groups -OCH3 is 2. The number of Topliss-reactive ketones (excluding diaryl/α,β-unsaturated/α-hetero) is 1. The molecule has 5 nitrogen and oxygen atoms in total. The van der Waals surface area contributed by atoms with Crippen molar-refractivity contribution in [1.82, 2.24) is 0 Å². The summed E-state index contributed by atoms with van der Waals surface area (Å²) in [5.74, 6) is 0.760. The van der Waals surface area contributed by atoms with Crippen molar-refractivity contribution in [2.75, 3.05) is 14.2 Å². The largest absolute Gasteiger partial charge is 0.496 e. The molecule has 1 aromatic carbocycles. The molecule has 0 unspecified atom stereocenters. The Morgan fingerprint density at radius 3 is 2.44 bits per heavy atom. The Morgan fingerprint density at radius 2 is 1.88 bits per heavy atom. The quantitative estimate of drug-likeness (QED) is 0.603. The molecule has 0 amide bonds. The molecular formula is C11H11NO4. The number of benzene rings is 1. The van der Waals surface area contributed by atoms with E-state index in [0.29, 0.717) is 22.6 Å². The lowest BCUT2D eigenvalue weighted by atomic mass is 10.1. The summed E-state index contributed by atoms with van der Waals surface area (Å²) in [6, 6.07) is 3.39. The normalized spacial score (nSPS) is 16.4. The van der Waals surface area contributed by atoms with Crippen LogP contribution in [0.25, 0.3) is 0 Å². The second kappa shape index (κ2) is 3.84. The summed E-state index contributed by atoms with van der Waals surface area (Å²) in [5, 5.41) is 11.7. The zero-order chi connectivity index (χ0) is 11.7. The van der Waals surface area contributed by atoms with Crippen LogP contribution in [-0.2, 0) is 6.42 Å². The van der Waals surface area contributed by atoms with E-state index >= 15 is 0 Å². The van der Waals surface area contributed by atoms with Crippen LogP contribution in [0, 0.1) is 0 Å². The van der Waals surface area contributed by atoms with Crippen molar-refractivity contribution in [3.8, 4) is 11.5 Å². The first-order valence-electron chi connectivity index (χ1n) is 4.72. The Labute approximate surface area is 92.3 Å². The van der Waals surface area contributed by atoms with Gasteiger partial charge in [-0.1, -0.05) is 5.16 Å². The van der Waals surface area contributed by atoms with E-state index in [9.17, 15) is 4.79 Å². The van der Waals surface area contributed by atoms with Crippen molar-refractivity contribution in [3.05, 3.63) is 23.3 Å². The summed E-state index contributed by atoms with van der Waals surface area (Å²) >= 11 is 0. The molecule has 0 heterocycles. The third-order valence-electron chi connectivity index (χ3n) is 2.63. The van der Waals surface area contributed by atoms with Gasteiger partial charge in [-0.25, -0.2) is 0 Å². The number of nitrogens with zero attached hydrogens (tertiary/aromatic N) is 1. The van der Waals surface area contributed by atoms with Gasteiger partial charge in [0.25, 0.3) is 0 Å². The number of hydrogen-bond donors (Lipinski definition) is 1. The number of oxime groups is 1. The topological polar surface area (TPSA) is 68.1 Å². The highest BCUT2D eigenvalue weighted by Crippen LogP contribution is 2.35. The molecule has 84 valence electrons. The van der Waals surface area contributed by atoms with Crippen LogP contribution in [0.3, 0.4) is 0 Å². The summed E-state index contributed by atoms with van der Waals surface area (Å²) in [4.78, 5) is 11.8. The van der Waals surface area contributed by atoms with Gasteiger partial charge in [0.15, 0.2) is 0 Å². The number of rotatable bonds is 2. The predicted molar refractivity (Wildman–Crippen MR) is 56.8 cm³/mol. The van der Waals surface area contributed by atoms with E-state index < -0.39 is 0 Å². The van der Waals surface area contributed by atoms with E-state index in [1.54, 1.807) is 12.1 Å². The Bertz CT molecular complexity index is 479. The first kappa shape index (κ1) is 10.5. The maximum absolute atomic E-state index is 11.8. The van der Waals surface area contributed by atoms with Crippen LogP contribution in [0.2, 0.25) is 0 Å². The SMILES string of the molecule is COc1ccc(OC)c2c1CC(=NO)C2=O. The molecule has 0 aliphatic heterocycles. The molecule has 0 fully saturated rings. The molecule has 0 aromatic heterocycles. The molecule has 16 heavy (non-hydrogen) atoms. The van der Waals surface area contributed by atoms with Crippen LogP contribution in [0.5, 0.6) is 11.5 Å². The number of hydrogen-bond acceptors (Lipinski definition) is 5. The zero-order valence-electron chi connectivity index (χ0n) is 8.98. The van der Waals surface area contributed by atoms with Gasteiger partial charge in [-0.2, -0.15) is 0 Å². The zero-order valence-corrected chi connectivity index (χ0v) is 8.98. The van der Waals surface area contributed by atoms with Crippen LogP contribution in [0.1, 0.15) is 15.9 Å². The molecule has 5 heteroatoms. The Kier molecular flexibility index (Phi) is 2.52. The number of carbonyl (C=O) groups excluding carboxylic acids is 1. The summed E-state index contributed by atoms with van der Waals surface area (Å²) < 4.78 is 10.3. The van der Waals surface area contributed by atoms with Crippen molar-refractivity contribution < 1.29 is 19.5 Å². The lowest BCUT2D eigenvalue weighted by Gasteiger charge is -2.09. The minimum absolute atomic E-state index is 0.109. The maximum Gasteiger partial charge on any atom is 0.215 e. The van der Waals surface area contributed by atoms with E-state index in [1.165, 1.54) is 14.2 Å². The first-order valence-corrected chi connectivity index (χ1v) is 4.72. The van der Waals surface area contributed by atoms with Gasteiger partial charge in [-0.05, 0) is 12.1 Å². The van der Waals surface area contributed by atoms with Crippen molar-refractivity contribution in [2.24, 2.45) is 5.16 Å². The maximum atomic E-state index is 11.8. The van der Waals surface area contributed by atoms with Gasteiger partial charge in [-0.3, -0.25) is 4.79 Å². The third kappa shape index (κ3) is 1.32. The van der Waals surface area contributed by atoms with Crippen molar-refractivity contribution >= 4 is 11.5 Å². The van der Waals surface area contributed by atoms with Gasteiger partial charge >= 0.3 is 0 Å². The van der Waals surface area contributed by atoms with E-state index in [4.69, 9.17) is 14.7 Å². The summed E-state index contributed by atoms with van der Waals surface area (Å²) in [6.07, 6.45) is 0.269. The van der Waals surface area contributed by atoms with Gasteiger partial charge in [0.05, 0.1) is 19.8 Å². The minimum Gasteiger partial charge on any atom is -0.496 e. The Balaban J connectivity index is 2.65. The summed E-state index contributed by atoms with van der Waals surface area (Å²) in [5.41, 5.74) is 1.24. The predicted octanol–water partition coefficient (Wildman–Crippen LogP) is 1.27. The average molecular weight is 221 g/mol. The molecule has 2 rings (SSSR count). The van der Waals surface area contributed by atoms with Gasteiger partial charge in [0, 0.05) is 12.0 Å². The highest BCUT2D eigenvalue weighted by Gasteiger charge is 2.33. The molecule has 1 N–H and O–H groups in total. The Morgan fingerprint density at radius 1 is 1.25 bits per heavy atom. The fourth-order valence-electron chi connectivity index (χ4n) is 1.87. The van der Waals surface area contributed by atoms with Gasteiger partial charge in [-0.15, -0.1) is 0 Å². The van der Waals surface area contributed by atoms with E-state index in [2.05, 4.69) is 5.16 Å². The molecule has 1 aliphatic rings. The number of fused-ring (bicyclic) bond motifs is 1. The Hall–Kier alpha value is -2.04. The van der Waals surface area contributed by atoms with Crippen molar-refractivity contribution in [3.63, 3.8) is 0 Å². The highest BCUT2D eigenvalue weighted by atomic mass is 16.5. The van der Waals surface area contributed by atoms with Crippen LogP contribution < -0.4 is 9.47 Å². The second-order valence-electron chi connectivity index (χ2n) is 3.38. The van der Waals surface area contributed by atoms with E-state index in [1.807, 2.05) is 0 Å². The molecule has 0 saturated carbocycles. The highest BCUT2D eigenvalue weighted by molar-refractivity contribution is 6.50. The average Bonchev–Trinajstić information content (AvgIpc) is 2.66. The van der Waals surface area contributed by atoms with Gasteiger partial charge in [0.2, 0.25) is 5.78 Å². The molecule has 0 atom stereocenters. The first-order chi connectivity index (χ1) is 7.72. The summed E-state index contributed by atoms with van der Waals surface area (Å²) in [7, 11) is 3.02. The van der Waals surface area contributed by atoms with Crippen molar-refractivity contribution in [2.45, 2.75) is 6.42 Å². The van der Waals surface area contributed by atoms with E-state index in [-0.39, 0.29) is 17.9 Å². The number of carbonyl (C=O) groups is 1. The lowest BCUT2D eigenvalue weighted by molar-refractivity contribution is 0.106. The molecule has 1 aliphatic carbocycles. The van der Waals surface area contributed by atoms with Gasteiger partial charge in [0.1, 0.15) is 17.2 Å². The molecule has 1 aromatic rings. The molecule has 0 saturated heterocycles. The third-order valence-corrected chi connectivity index (χ3v) is 2.63. The fourth-order valence-corrected chi connectivity index (χ4v) is 1.87. The van der Waals surface area contributed by atoms with Gasteiger partial charge < -0.3 is 14.7 Å². The molecule has 0 bridgehead atoms. The lowest BCUT2D eigenvalue weighted by Crippen LogP contribution is -2.08. The van der Waals surface area contributed by atoms with Crippen LogP contribution in [0.4, 0.5) is 0 Å². The number of ether oxygens (including phenoxy) is 2.